The van der Waals surface area contributed by atoms with Gasteiger partial charge in [-0.3, -0.25) is 9.79 Å². The van der Waals surface area contributed by atoms with Crippen molar-refractivity contribution < 1.29 is 13.2 Å². The van der Waals surface area contributed by atoms with Gasteiger partial charge in [-0.05, 0) is 17.7 Å². The van der Waals surface area contributed by atoms with E-state index in [1.807, 2.05) is 18.2 Å². The van der Waals surface area contributed by atoms with Crippen LogP contribution in [0.5, 0.6) is 0 Å². The topological polar surface area (TPSA) is 66.8 Å². The second-order valence-corrected chi connectivity index (χ2v) is 8.10. The maximum atomic E-state index is 13.0. The van der Waals surface area contributed by atoms with Crippen LogP contribution in [0.25, 0.3) is 0 Å². The van der Waals surface area contributed by atoms with Gasteiger partial charge in [-0.15, -0.1) is 6.58 Å². The summed E-state index contributed by atoms with van der Waals surface area (Å²) in [5, 5.41) is -0.467. The van der Waals surface area contributed by atoms with E-state index >= 15 is 0 Å². The number of aliphatic imine (C=N–C) groups is 1. The predicted molar refractivity (Wildman–Crippen MR) is 99.7 cm³/mol. The number of rotatable bonds is 5. The molecule has 0 N–H and O–H groups in total. The summed E-state index contributed by atoms with van der Waals surface area (Å²) < 4.78 is 26.8. The minimum Gasteiger partial charge on any atom is -0.272 e. The predicted octanol–water partition coefficient (Wildman–Crippen LogP) is 3.23. The van der Waals surface area contributed by atoms with E-state index in [1.165, 1.54) is 12.1 Å². The molecule has 0 aromatic heterocycles. The zero-order valence-electron chi connectivity index (χ0n) is 13.3. The molecular weight excluding hydrogens is 356 g/mol. The zero-order valence-corrected chi connectivity index (χ0v) is 14.9. The quantitative estimate of drug-likeness (QED) is 0.756. The summed E-state index contributed by atoms with van der Waals surface area (Å²) in [6.45, 7) is 3.83. The fourth-order valence-corrected chi connectivity index (χ4v) is 5.26. The molecule has 3 rings (SSSR count). The average Bonchev–Trinajstić information content (AvgIpc) is 2.98. The van der Waals surface area contributed by atoms with Gasteiger partial charge in [0.05, 0.1) is 11.4 Å². The molecule has 1 unspecified atom stereocenters. The number of amides is 1. The van der Waals surface area contributed by atoms with Crippen LogP contribution in [0, 0.1) is 0 Å². The second kappa shape index (κ2) is 7.25. The zero-order chi connectivity index (χ0) is 17.9. The van der Waals surface area contributed by atoms with Gasteiger partial charge >= 0.3 is 0 Å². The Morgan fingerprint density at radius 3 is 2.28 bits per heavy atom. The van der Waals surface area contributed by atoms with Crippen molar-refractivity contribution in [3.8, 4) is 0 Å². The van der Waals surface area contributed by atoms with Crippen molar-refractivity contribution in [3.63, 3.8) is 0 Å². The van der Waals surface area contributed by atoms with E-state index in [9.17, 15) is 13.2 Å². The molecule has 0 bridgehead atoms. The van der Waals surface area contributed by atoms with Crippen molar-refractivity contribution in [3.05, 3.63) is 78.9 Å². The number of hydrogen-bond donors (Lipinski definition) is 0. The molecule has 1 heterocycles. The van der Waals surface area contributed by atoms with Gasteiger partial charge in [0.2, 0.25) is 0 Å². The van der Waals surface area contributed by atoms with Crippen LogP contribution in [-0.2, 0) is 14.8 Å². The molecule has 1 amide bonds. The van der Waals surface area contributed by atoms with E-state index in [0.717, 1.165) is 21.6 Å². The lowest BCUT2D eigenvalue weighted by Gasteiger charge is -2.16. The Kier molecular flexibility index (Phi) is 5.06. The average molecular weight is 372 g/mol. The van der Waals surface area contributed by atoms with Gasteiger partial charge in [-0.2, -0.15) is 4.31 Å². The minimum atomic E-state index is -4.01. The third-order valence-corrected chi connectivity index (χ3v) is 6.61. The smallest absolute Gasteiger partial charge is 0.272 e. The van der Waals surface area contributed by atoms with E-state index in [2.05, 4.69) is 11.6 Å². The molecule has 0 radical (unpaired) electrons. The fraction of sp³-hybridized carbons (Fsp3) is 0.111. The van der Waals surface area contributed by atoms with Crippen molar-refractivity contribution >= 4 is 32.9 Å². The van der Waals surface area contributed by atoms with Gasteiger partial charge < -0.3 is 0 Å². The van der Waals surface area contributed by atoms with Crippen molar-refractivity contribution in [1.29, 1.82) is 0 Å². The van der Waals surface area contributed by atoms with E-state index in [0.29, 0.717) is 0 Å². The maximum Gasteiger partial charge on any atom is 0.272 e. The Morgan fingerprint density at radius 1 is 1.08 bits per heavy atom. The number of hydrogen-bond acceptors (Lipinski definition) is 5. The molecule has 0 spiro atoms. The lowest BCUT2D eigenvalue weighted by Crippen LogP contribution is -2.36. The summed E-state index contributed by atoms with van der Waals surface area (Å²) >= 11 is 1.14. The Hall–Kier alpha value is -2.38. The third kappa shape index (κ3) is 3.38. The first-order valence-electron chi connectivity index (χ1n) is 7.57. The summed E-state index contributed by atoms with van der Waals surface area (Å²) in [7, 11) is -4.01. The molecule has 5 nitrogen and oxygen atoms in total. The molecule has 1 aliphatic heterocycles. The maximum absolute atomic E-state index is 13.0. The van der Waals surface area contributed by atoms with Crippen LogP contribution in [0.3, 0.4) is 0 Å². The highest BCUT2D eigenvalue weighted by Gasteiger charge is 2.46. The van der Waals surface area contributed by atoms with Crippen LogP contribution in [0.4, 0.5) is 0 Å². The summed E-state index contributed by atoms with van der Waals surface area (Å²) in [5.41, 5.74) is 0.745. The van der Waals surface area contributed by atoms with Gasteiger partial charge in [0.25, 0.3) is 15.9 Å². The highest BCUT2D eigenvalue weighted by molar-refractivity contribution is 8.16. The van der Waals surface area contributed by atoms with Gasteiger partial charge in [0.15, 0.2) is 5.17 Å². The molecule has 128 valence electrons. The molecule has 25 heavy (non-hydrogen) atoms. The second-order valence-electron chi connectivity index (χ2n) is 5.24. The normalized spacial score (nSPS) is 19.4. The molecule has 0 aliphatic carbocycles. The minimum absolute atomic E-state index is 0.0592. The number of amidine groups is 1. The number of benzene rings is 2. The highest BCUT2D eigenvalue weighted by Crippen LogP contribution is 2.41. The molecule has 0 saturated carbocycles. The monoisotopic (exact) mass is 372 g/mol. The number of carbonyl (C=O) groups is 1. The molecule has 1 saturated heterocycles. The molecule has 2 aromatic rings. The SMILES string of the molecule is C=CCN=C1SC(c2ccccc2)C(=O)N1S(=O)(=O)c1ccccc1. The molecular formula is C18H16N2O3S2. The Morgan fingerprint density at radius 2 is 1.68 bits per heavy atom. The van der Waals surface area contributed by atoms with Crippen molar-refractivity contribution in [1.82, 2.24) is 4.31 Å². The number of sulfonamides is 1. The highest BCUT2D eigenvalue weighted by atomic mass is 32.2. The van der Waals surface area contributed by atoms with Crippen LogP contribution in [0.1, 0.15) is 10.8 Å². The summed E-state index contributed by atoms with van der Waals surface area (Å²) in [6, 6.07) is 17.0. The van der Waals surface area contributed by atoms with Crippen LogP contribution >= 0.6 is 11.8 Å². The Labute approximate surface area is 151 Å². The fourth-order valence-electron chi connectivity index (χ4n) is 2.41. The lowest BCUT2D eigenvalue weighted by atomic mass is 10.1. The van der Waals surface area contributed by atoms with E-state index in [-0.39, 0.29) is 16.6 Å². The van der Waals surface area contributed by atoms with Crippen molar-refractivity contribution in [2.75, 3.05) is 6.54 Å². The first-order valence-corrected chi connectivity index (χ1v) is 9.89. The first kappa shape index (κ1) is 17.4. The summed E-state index contributed by atoms with van der Waals surface area (Å²) in [4.78, 5) is 17.2. The standard InChI is InChI=1S/C18H16N2O3S2/c1-2-13-19-18-20(25(22,23)15-11-7-4-8-12-15)17(21)16(24-18)14-9-5-3-6-10-14/h2-12,16H,1,13H2. The molecule has 1 atom stereocenters. The lowest BCUT2D eigenvalue weighted by molar-refractivity contribution is -0.122. The van der Waals surface area contributed by atoms with Crippen molar-refractivity contribution in [2.24, 2.45) is 4.99 Å². The third-order valence-electron chi connectivity index (χ3n) is 3.56. The summed E-state index contributed by atoms with van der Waals surface area (Å²) in [6.07, 6.45) is 1.56. The molecule has 1 aliphatic rings. The largest absolute Gasteiger partial charge is 0.272 e. The molecule has 2 aromatic carbocycles. The summed E-state index contributed by atoms with van der Waals surface area (Å²) in [5.74, 6) is -0.511. The number of nitrogens with zero attached hydrogens (tertiary/aromatic N) is 2. The van der Waals surface area contributed by atoms with Gasteiger partial charge in [-0.1, -0.05) is 66.4 Å². The van der Waals surface area contributed by atoms with E-state index in [1.54, 1.807) is 36.4 Å². The van der Waals surface area contributed by atoms with E-state index < -0.39 is 21.2 Å². The van der Waals surface area contributed by atoms with Gasteiger partial charge in [0, 0.05) is 0 Å². The number of thioether (sulfide) groups is 1. The van der Waals surface area contributed by atoms with Crippen LogP contribution in [-0.4, -0.2) is 30.3 Å². The van der Waals surface area contributed by atoms with Crippen molar-refractivity contribution in [2.45, 2.75) is 10.1 Å². The van der Waals surface area contributed by atoms with E-state index in [4.69, 9.17) is 0 Å². The number of carbonyl (C=O) groups excluding carboxylic acids is 1. The molecule has 7 heteroatoms. The van der Waals surface area contributed by atoms with Gasteiger partial charge in [0.1, 0.15) is 5.25 Å². The first-order chi connectivity index (χ1) is 12.1. The Balaban J connectivity index is 2.06. The van der Waals surface area contributed by atoms with Gasteiger partial charge in [-0.25, -0.2) is 8.42 Å². The van der Waals surface area contributed by atoms with Crippen LogP contribution in [0.2, 0.25) is 0 Å². The van der Waals surface area contributed by atoms with Crippen LogP contribution < -0.4 is 0 Å². The van der Waals surface area contributed by atoms with Crippen LogP contribution in [0.15, 0.2) is 83.2 Å². The Bertz CT molecular complexity index is 910. The molecule has 1 fully saturated rings.